The summed E-state index contributed by atoms with van der Waals surface area (Å²) in [7, 11) is 0. The quantitative estimate of drug-likeness (QED) is 0.150. The topological polar surface area (TPSA) is 8.17 Å². The monoisotopic (exact) mass is 764 g/mol. The fraction of sp³-hybridized carbons (Fsp3) is 0. The van der Waals surface area contributed by atoms with E-state index in [0.717, 1.165) is 39.3 Å². The average Bonchev–Trinajstić information content (AvgIpc) is 3.67. The van der Waals surface area contributed by atoms with Crippen LogP contribution < -0.4 is 4.90 Å². The third-order valence-corrected chi connectivity index (χ3v) is 11.8. The zero-order valence-corrected chi connectivity index (χ0v) is 33.0. The van der Waals surface area contributed by atoms with Crippen LogP contribution in [-0.4, -0.2) is 4.57 Å². The van der Waals surface area contributed by atoms with Crippen molar-refractivity contribution >= 4 is 49.6 Å². The summed E-state index contributed by atoms with van der Waals surface area (Å²) >= 11 is 0. The number of hydrogen-bond donors (Lipinski definition) is 0. The lowest BCUT2D eigenvalue weighted by atomic mass is 9.93. The van der Waals surface area contributed by atoms with Crippen molar-refractivity contribution in [2.45, 2.75) is 0 Å². The van der Waals surface area contributed by atoms with Gasteiger partial charge in [-0.25, -0.2) is 0 Å². The second-order valence-electron chi connectivity index (χ2n) is 15.2. The van der Waals surface area contributed by atoms with Gasteiger partial charge in [0.1, 0.15) is 0 Å². The van der Waals surface area contributed by atoms with Gasteiger partial charge in [0.2, 0.25) is 0 Å². The van der Waals surface area contributed by atoms with Gasteiger partial charge in [-0.2, -0.15) is 0 Å². The molecule has 1 aromatic heterocycles. The molecule has 10 aromatic carbocycles. The van der Waals surface area contributed by atoms with Crippen LogP contribution in [0, 0.1) is 0 Å². The first-order chi connectivity index (χ1) is 29.8. The first-order valence-electron chi connectivity index (χ1n) is 20.6. The van der Waals surface area contributed by atoms with E-state index < -0.39 is 0 Å². The van der Waals surface area contributed by atoms with E-state index >= 15 is 0 Å². The van der Waals surface area contributed by atoms with Gasteiger partial charge in [0.25, 0.3) is 0 Å². The Morgan fingerprint density at radius 1 is 0.267 bits per heavy atom. The van der Waals surface area contributed by atoms with Crippen molar-refractivity contribution in [3.63, 3.8) is 0 Å². The van der Waals surface area contributed by atoms with E-state index in [1.165, 1.54) is 60.5 Å². The highest BCUT2D eigenvalue weighted by Crippen LogP contribution is 2.50. The molecule has 60 heavy (non-hydrogen) atoms. The summed E-state index contributed by atoms with van der Waals surface area (Å²) in [5.41, 5.74) is 16.2. The average molecular weight is 765 g/mol. The van der Waals surface area contributed by atoms with Gasteiger partial charge in [0.15, 0.2) is 0 Å². The molecule has 0 aliphatic heterocycles. The predicted molar refractivity (Wildman–Crippen MR) is 255 cm³/mol. The standard InChI is InChI=1S/C58H40N2/c1-3-21-41(22-4-1)44-28-9-10-30-47(44)49-31-12-17-37-54(49)60-55-38-18-14-33-51(55)58-56(39-20-40-57(58)60)59(52-35-15-11-29-46(52)43-23-5-2-6-24-43)53-36-16-13-32-50(53)48-34-19-26-42-25-7-8-27-45(42)48/h1-40H. The number of nitrogens with zero attached hydrogens (tertiary/aromatic N) is 2. The Bertz CT molecular complexity index is 3320. The summed E-state index contributed by atoms with van der Waals surface area (Å²) in [6, 6.07) is 87.9. The van der Waals surface area contributed by atoms with Crippen molar-refractivity contribution < 1.29 is 0 Å². The van der Waals surface area contributed by atoms with Crippen molar-refractivity contribution in [1.29, 1.82) is 0 Å². The van der Waals surface area contributed by atoms with E-state index in [-0.39, 0.29) is 0 Å². The molecule has 282 valence electrons. The molecule has 0 atom stereocenters. The molecule has 0 amide bonds. The van der Waals surface area contributed by atoms with Crippen molar-refractivity contribution in [3.05, 3.63) is 243 Å². The van der Waals surface area contributed by atoms with Crippen LogP contribution in [-0.2, 0) is 0 Å². The molecule has 0 radical (unpaired) electrons. The molecule has 1 heterocycles. The highest BCUT2D eigenvalue weighted by molar-refractivity contribution is 6.18. The molecule has 0 N–H and O–H groups in total. The number of para-hydroxylation sites is 4. The smallest absolute Gasteiger partial charge is 0.0562 e. The first kappa shape index (κ1) is 35.2. The van der Waals surface area contributed by atoms with Gasteiger partial charge in [0.05, 0.1) is 33.8 Å². The van der Waals surface area contributed by atoms with Crippen LogP contribution in [0.15, 0.2) is 243 Å². The largest absolute Gasteiger partial charge is 0.309 e. The number of hydrogen-bond acceptors (Lipinski definition) is 1. The molecule has 11 rings (SSSR count). The Morgan fingerprint density at radius 3 is 1.50 bits per heavy atom. The van der Waals surface area contributed by atoms with E-state index in [4.69, 9.17) is 0 Å². The van der Waals surface area contributed by atoms with Gasteiger partial charge in [-0.05, 0) is 75.0 Å². The van der Waals surface area contributed by atoms with Gasteiger partial charge >= 0.3 is 0 Å². The van der Waals surface area contributed by atoms with Crippen molar-refractivity contribution in [2.75, 3.05) is 4.90 Å². The molecule has 0 unspecified atom stereocenters. The Hall–Kier alpha value is -7.94. The lowest BCUT2D eigenvalue weighted by Gasteiger charge is -2.31. The zero-order chi connectivity index (χ0) is 39.8. The fourth-order valence-corrected chi connectivity index (χ4v) is 9.21. The van der Waals surface area contributed by atoms with Crippen LogP contribution in [0.2, 0.25) is 0 Å². The van der Waals surface area contributed by atoms with Crippen LogP contribution >= 0.6 is 0 Å². The summed E-state index contributed by atoms with van der Waals surface area (Å²) in [4.78, 5) is 2.51. The molecule has 0 saturated carbocycles. The van der Waals surface area contributed by atoms with E-state index in [9.17, 15) is 0 Å². The second-order valence-corrected chi connectivity index (χ2v) is 15.2. The molecule has 0 aliphatic carbocycles. The SMILES string of the molecule is c1ccc(-c2ccccc2-c2ccccc2-n2c3ccccc3c3c(N(c4ccccc4-c4ccccc4)c4ccccc4-c4cccc5ccccc45)cccc32)cc1. The maximum Gasteiger partial charge on any atom is 0.0562 e. The first-order valence-corrected chi connectivity index (χ1v) is 20.6. The minimum atomic E-state index is 1.11. The number of benzene rings is 10. The predicted octanol–water partition coefficient (Wildman–Crippen LogP) is 16.1. The molecule has 0 bridgehead atoms. The fourth-order valence-electron chi connectivity index (χ4n) is 9.21. The third kappa shape index (κ3) is 5.97. The van der Waals surface area contributed by atoms with Crippen molar-refractivity contribution in [1.82, 2.24) is 4.57 Å². The van der Waals surface area contributed by atoms with Gasteiger partial charge in [0, 0.05) is 27.5 Å². The summed E-state index contributed by atoms with van der Waals surface area (Å²) in [6.45, 7) is 0. The van der Waals surface area contributed by atoms with E-state index in [1.807, 2.05) is 0 Å². The minimum Gasteiger partial charge on any atom is -0.309 e. The third-order valence-electron chi connectivity index (χ3n) is 11.8. The number of anilines is 3. The van der Waals surface area contributed by atoms with Crippen LogP contribution in [0.25, 0.3) is 82.8 Å². The van der Waals surface area contributed by atoms with E-state index in [1.54, 1.807) is 0 Å². The molecular formula is C58H40N2. The summed E-state index contributed by atoms with van der Waals surface area (Å²) < 4.78 is 2.48. The van der Waals surface area contributed by atoms with Gasteiger partial charge < -0.3 is 9.47 Å². The number of aromatic nitrogens is 1. The Balaban J connectivity index is 1.22. The maximum absolute atomic E-state index is 2.51. The molecular weight excluding hydrogens is 725 g/mol. The zero-order valence-electron chi connectivity index (χ0n) is 33.0. The van der Waals surface area contributed by atoms with Gasteiger partial charge in [-0.1, -0.05) is 206 Å². The molecule has 0 saturated heterocycles. The van der Waals surface area contributed by atoms with Crippen LogP contribution in [0.5, 0.6) is 0 Å². The highest BCUT2D eigenvalue weighted by atomic mass is 15.2. The second kappa shape index (κ2) is 15.1. The molecule has 0 spiro atoms. The van der Waals surface area contributed by atoms with Crippen LogP contribution in [0.4, 0.5) is 17.1 Å². The van der Waals surface area contributed by atoms with E-state index in [0.29, 0.717) is 0 Å². The van der Waals surface area contributed by atoms with Crippen molar-refractivity contribution in [2.24, 2.45) is 0 Å². The molecule has 2 nitrogen and oxygen atoms in total. The minimum absolute atomic E-state index is 1.11. The van der Waals surface area contributed by atoms with Gasteiger partial charge in [-0.3, -0.25) is 0 Å². The van der Waals surface area contributed by atoms with E-state index in [2.05, 4.69) is 252 Å². The van der Waals surface area contributed by atoms with Gasteiger partial charge in [-0.15, -0.1) is 0 Å². The maximum atomic E-state index is 2.51. The summed E-state index contributed by atoms with van der Waals surface area (Å²) in [5, 5.41) is 4.83. The normalized spacial score (nSPS) is 11.3. The number of rotatable bonds is 8. The highest BCUT2D eigenvalue weighted by Gasteiger charge is 2.26. The lowest BCUT2D eigenvalue weighted by molar-refractivity contribution is 1.18. The van der Waals surface area contributed by atoms with Crippen molar-refractivity contribution in [3.8, 4) is 50.2 Å². The Kier molecular flexibility index (Phi) is 8.87. The summed E-state index contributed by atoms with van der Waals surface area (Å²) in [6.07, 6.45) is 0. The molecule has 2 heteroatoms. The Morgan fingerprint density at radius 2 is 0.733 bits per heavy atom. The van der Waals surface area contributed by atoms with Crippen LogP contribution in [0.1, 0.15) is 0 Å². The lowest BCUT2D eigenvalue weighted by Crippen LogP contribution is -2.13. The molecule has 0 aliphatic rings. The Labute approximate surface area is 350 Å². The van der Waals surface area contributed by atoms with Crippen LogP contribution in [0.3, 0.4) is 0 Å². The number of fused-ring (bicyclic) bond motifs is 4. The molecule has 11 aromatic rings. The molecule has 0 fully saturated rings. The summed E-state index contributed by atoms with van der Waals surface area (Å²) in [5.74, 6) is 0.